The fourth-order valence-electron chi connectivity index (χ4n) is 2.25. The summed E-state index contributed by atoms with van der Waals surface area (Å²) in [4.78, 5) is 36.0. The molecule has 9 heteroatoms. The first-order chi connectivity index (χ1) is 13.1. The first kappa shape index (κ1) is 18.6. The Morgan fingerprint density at radius 1 is 1.15 bits per heavy atom. The molecule has 0 radical (unpaired) electrons. The van der Waals surface area contributed by atoms with Crippen LogP contribution in [0.25, 0.3) is 0 Å². The van der Waals surface area contributed by atoms with Crippen molar-refractivity contribution >= 4 is 28.3 Å². The molecule has 1 aromatic carbocycles. The molecule has 0 saturated heterocycles. The van der Waals surface area contributed by atoms with Crippen LogP contribution in [0.4, 0.5) is 9.52 Å². The third-order valence-electron chi connectivity index (χ3n) is 3.56. The monoisotopic (exact) mass is 385 g/mol. The van der Waals surface area contributed by atoms with Crippen molar-refractivity contribution < 1.29 is 14.0 Å². The molecule has 2 aromatic heterocycles. The van der Waals surface area contributed by atoms with E-state index in [1.165, 1.54) is 42.1 Å². The number of aromatic nitrogens is 3. The Hall–Kier alpha value is -3.20. The molecule has 7 nitrogen and oxygen atoms in total. The Balaban J connectivity index is 1.45. The van der Waals surface area contributed by atoms with Gasteiger partial charge in [-0.2, -0.15) is 0 Å². The molecule has 0 spiro atoms. The SMILES string of the molecule is O=C(Cc1csc(NC(=O)c2cnccn2)n1)NCCc1ccc(F)cc1. The van der Waals surface area contributed by atoms with Crippen molar-refractivity contribution in [3.63, 3.8) is 0 Å². The highest BCUT2D eigenvalue weighted by atomic mass is 32.1. The molecule has 0 unspecified atom stereocenters. The lowest BCUT2D eigenvalue weighted by Crippen LogP contribution is -2.27. The van der Waals surface area contributed by atoms with Crippen LogP contribution < -0.4 is 10.6 Å². The van der Waals surface area contributed by atoms with Gasteiger partial charge in [0.1, 0.15) is 11.5 Å². The molecular weight excluding hydrogens is 369 g/mol. The predicted molar refractivity (Wildman–Crippen MR) is 98.9 cm³/mol. The van der Waals surface area contributed by atoms with Gasteiger partial charge in [0.05, 0.1) is 18.3 Å². The molecule has 0 aliphatic rings. The van der Waals surface area contributed by atoms with Crippen LogP contribution in [-0.2, 0) is 17.6 Å². The number of halogens is 1. The van der Waals surface area contributed by atoms with E-state index in [1.807, 2.05) is 0 Å². The number of carbonyl (C=O) groups excluding carboxylic acids is 2. The average molecular weight is 385 g/mol. The average Bonchev–Trinajstić information content (AvgIpc) is 3.10. The second kappa shape index (κ2) is 8.95. The van der Waals surface area contributed by atoms with E-state index in [1.54, 1.807) is 17.5 Å². The number of amides is 2. The normalized spacial score (nSPS) is 10.4. The van der Waals surface area contributed by atoms with Crippen molar-refractivity contribution in [2.45, 2.75) is 12.8 Å². The van der Waals surface area contributed by atoms with Crippen molar-refractivity contribution in [3.8, 4) is 0 Å². The highest BCUT2D eigenvalue weighted by Crippen LogP contribution is 2.16. The number of rotatable bonds is 7. The van der Waals surface area contributed by atoms with Gasteiger partial charge in [0.25, 0.3) is 5.91 Å². The van der Waals surface area contributed by atoms with E-state index in [0.717, 1.165) is 5.56 Å². The van der Waals surface area contributed by atoms with Crippen LogP contribution in [0.3, 0.4) is 0 Å². The van der Waals surface area contributed by atoms with Gasteiger partial charge in [-0.1, -0.05) is 12.1 Å². The number of benzene rings is 1. The molecule has 138 valence electrons. The van der Waals surface area contributed by atoms with Gasteiger partial charge in [-0.15, -0.1) is 11.3 Å². The number of hydrogen-bond donors (Lipinski definition) is 2. The second-order valence-corrected chi connectivity index (χ2v) is 6.45. The summed E-state index contributed by atoms with van der Waals surface area (Å²) >= 11 is 1.23. The molecular formula is C18H16FN5O2S. The molecule has 0 fully saturated rings. The van der Waals surface area contributed by atoms with Crippen LogP contribution in [0.2, 0.25) is 0 Å². The maximum Gasteiger partial charge on any atom is 0.277 e. The van der Waals surface area contributed by atoms with E-state index < -0.39 is 5.91 Å². The highest BCUT2D eigenvalue weighted by Gasteiger charge is 2.12. The van der Waals surface area contributed by atoms with Crippen LogP contribution in [0.15, 0.2) is 48.2 Å². The number of anilines is 1. The number of nitrogens with zero attached hydrogens (tertiary/aromatic N) is 3. The molecule has 27 heavy (non-hydrogen) atoms. The number of nitrogens with one attached hydrogen (secondary N) is 2. The maximum atomic E-state index is 12.8. The summed E-state index contributed by atoms with van der Waals surface area (Å²) in [6.45, 7) is 0.449. The predicted octanol–water partition coefficient (Wildman–Crippen LogP) is 2.23. The summed E-state index contributed by atoms with van der Waals surface area (Å²) < 4.78 is 12.8. The molecule has 2 heterocycles. The Morgan fingerprint density at radius 3 is 2.70 bits per heavy atom. The zero-order valence-corrected chi connectivity index (χ0v) is 15.0. The summed E-state index contributed by atoms with van der Waals surface area (Å²) in [6.07, 6.45) is 4.99. The lowest BCUT2D eigenvalue weighted by Gasteiger charge is -2.04. The fraction of sp³-hybridized carbons (Fsp3) is 0.167. The van der Waals surface area contributed by atoms with Crippen molar-refractivity contribution in [2.24, 2.45) is 0 Å². The van der Waals surface area contributed by atoms with Crippen LogP contribution in [0.1, 0.15) is 21.7 Å². The van der Waals surface area contributed by atoms with Crippen LogP contribution in [0, 0.1) is 5.82 Å². The minimum absolute atomic E-state index is 0.112. The van der Waals surface area contributed by atoms with Gasteiger partial charge in [0.2, 0.25) is 5.91 Å². The smallest absolute Gasteiger partial charge is 0.277 e. The quantitative estimate of drug-likeness (QED) is 0.650. The van der Waals surface area contributed by atoms with Gasteiger partial charge in [-0.3, -0.25) is 19.9 Å². The Labute approximate surface area is 158 Å². The number of hydrogen-bond acceptors (Lipinski definition) is 6. The largest absolute Gasteiger partial charge is 0.355 e. The number of carbonyl (C=O) groups is 2. The van der Waals surface area contributed by atoms with Crippen LogP contribution in [-0.4, -0.2) is 33.3 Å². The lowest BCUT2D eigenvalue weighted by molar-refractivity contribution is -0.120. The maximum absolute atomic E-state index is 12.8. The van der Waals surface area contributed by atoms with E-state index in [0.29, 0.717) is 23.8 Å². The Kier molecular flexibility index (Phi) is 6.16. The van der Waals surface area contributed by atoms with Gasteiger partial charge in [0, 0.05) is 24.3 Å². The molecule has 2 amide bonds. The van der Waals surface area contributed by atoms with Gasteiger partial charge < -0.3 is 5.32 Å². The fourth-order valence-corrected chi connectivity index (χ4v) is 2.95. The molecule has 3 rings (SSSR count). The first-order valence-electron chi connectivity index (χ1n) is 8.13. The van der Waals surface area contributed by atoms with Gasteiger partial charge in [-0.25, -0.2) is 14.4 Å². The Morgan fingerprint density at radius 2 is 1.96 bits per heavy atom. The molecule has 0 bridgehead atoms. The van der Waals surface area contributed by atoms with Crippen molar-refractivity contribution in [1.29, 1.82) is 0 Å². The van der Waals surface area contributed by atoms with Gasteiger partial charge in [0.15, 0.2) is 5.13 Å². The summed E-state index contributed by atoms with van der Waals surface area (Å²) in [5, 5.41) is 7.52. The third kappa shape index (κ3) is 5.65. The molecule has 3 aromatic rings. The molecule has 2 N–H and O–H groups in total. The second-order valence-electron chi connectivity index (χ2n) is 5.59. The summed E-state index contributed by atoms with van der Waals surface area (Å²) in [6, 6.07) is 6.16. The minimum atomic E-state index is -0.409. The Bertz CT molecular complexity index is 915. The first-order valence-corrected chi connectivity index (χ1v) is 9.01. The summed E-state index contributed by atoms with van der Waals surface area (Å²) in [7, 11) is 0. The molecule has 0 aliphatic carbocycles. The zero-order valence-electron chi connectivity index (χ0n) is 14.2. The van der Waals surface area contributed by atoms with Crippen molar-refractivity contribution in [3.05, 3.63) is 71.0 Å². The van der Waals surface area contributed by atoms with E-state index in [-0.39, 0.29) is 23.8 Å². The van der Waals surface area contributed by atoms with Gasteiger partial charge >= 0.3 is 0 Å². The molecule has 0 atom stereocenters. The van der Waals surface area contributed by atoms with E-state index in [9.17, 15) is 14.0 Å². The van der Waals surface area contributed by atoms with Crippen molar-refractivity contribution in [1.82, 2.24) is 20.3 Å². The lowest BCUT2D eigenvalue weighted by atomic mass is 10.1. The number of thiazole rings is 1. The molecule has 0 saturated carbocycles. The van der Waals surface area contributed by atoms with E-state index >= 15 is 0 Å². The summed E-state index contributed by atoms with van der Waals surface area (Å²) in [5.74, 6) is -0.865. The van der Waals surface area contributed by atoms with E-state index in [2.05, 4.69) is 25.6 Å². The van der Waals surface area contributed by atoms with Gasteiger partial charge in [-0.05, 0) is 24.1 Å². The van der Waals surface area contributed by atoms with E-state index in [4.69, 9.17) is 0 Å². The third-order valence-corrected chi connectivity index (χ3v) is 4.37. The summed E-state index contributed by atoms with van der Waals surface area (Å²) in [5.41, 5.74) is 1.70. The highest BCUT2D eigenvalue weighted by molar-refractivity contribution is 7.14. The zero-order chi connectivity index (χ0) is 19.1. The topological polar surface area (TPSA) is 96.9 Å². The standard InChI is InChI=1S/C18H16FN5O2S/c19-13-3-1-12(2-4-13)5-6-22-16(25)9-14-11-27-18(23-14)24-17(26)15-10-20-7-8-21-15/h1-4,7-8,10-11H,5-6,9H2,(H,22,25)(H,23,24,26). The van der Waals surface area contributed by atoms with Crippen LogP contribution in [0.5, 0.6) is 0 Å². The van der Waals surface area contributed by atoms with Crippen molar-refractivity contribution in [2.75, 3.05) is 11.9 Å². The molecule has 0 aliphatic heterocycles. The van der Waals surface area contributed by atoms with Crippen LogP contribution >= 0.6 is 11.3 Å². The minimum Gasteiger partial charge on any atom is -0.355 e.